The molecule has 1 saturated heterocycles. The summed E-state index contributed by atoms with van der Waals surface area (Å²) in [5.74, 6) is -0.126. The summed E-state index contributed by atoms with van der Waals surface area (Å²) in [5, 5.41) is 0. The van der Waals surface area contributed by atoms with Gasteiger partial charge in [-0.05, 0) is 45.2 Å². The molecule has 17 heavy (non-hydrogen) atoms. The molecule has 0 spiro atoms. The van der Waals surface area contributed by atoms with E-state index in [1.165, 1.54) is 18.9 Å². The monoisotopic (exact) mass is 236 g/mol. The van der Waals surface area contributed by atoms with Crippen LogP contribution in [0.3, 0.4) is 0 Å². The average Bonchev–Trinajstić information content (AvgIpc) is 2.67. The summed E-state index contributed by atoms with van der Waals surface area (Å²) in [5.41, 5.74) is 7.62. The molecule has 0 radical (unpaired) electrons. The highest BCUT2D eigenvalue weighted by Crippen LogP contribution is 2.30. The molecule has 0 aromatic heterocycles. The van der Waals surface area contributed by atoms with Crippen molar-refractivity contribution < 1.29 is 4.39 Å². The lowest BCUT2D eigenvalue weighted by Crippen LogP contribution is -2.29. The Balaban J connectivity index is 2.35. The zero-order chi connectivity index (χ0) is 12.4. The fourth-order valence-corrected chi connectivity index (χ4v) is 2.63. The molecule has 94 valence electrons. The van der Waals surface area contributed by atoms with E-state index in [2.05, 4.69) is 11.8 Å². The largest absolute Gasteiger partial charge is 0.369 e. The molecule has 1 aromatic rings. The van der Waals surface area contributed by atoms with E-state index in [9.17, 15) is 4.39 Å². The highest BCUT2D eigenvalue weighted by molar-refractivity contribution is 5.56. The maximum absolute atomic E-state index is 13.9. The predicted molar refractivity (Wildman–Crippen MR) is 69.8 cm³/mol. The molecule has 2 N–H and O–H groups in total. The van der Waals surface area contributed by atoms with Crippen LogP contribution in [0.15, 0.2) is 18.2 Å². The summed E-state index contributed by atoms with van der Waals surface area (Å²) in [4.78, 5) is 2.31. The minimum atomic E-state index is -0.126. The van der Waals surface area contributed by atoms with Gasteiger partial charge in [0.25, 0.3) is 0 Å². The number of nitrogens with zero attached hydrogens (tertiary/aromatic N) is 1. The minimum absolute atomic E-state index is 0.0106. The first-order chi connectivity index (χ1) is 8.09. The number of anilines is 1. The summed E-state index contributed by atoms with van der Waals surface area (Å²) in [6.45, 7) is 5.15. The van der Waals surface area contributed by atoms with E-state index in [0.29, 0.717) is 12.5 Å². The van der Waals surface area contributed by atoms with Crippen LogP contribution in [0.5, 0.6) is 0 Å². The Morgan fingerprint density at radius 1 is 1.53 bits per heavy atom. The maximum atomic E-state index is 13.9. The number of rotatable bonds is 3. The third-order valence-electron chi connectivity index (χ3n) is 3.48. The first-order valence-corrected chi connectivity index (χ1v) is 6.39. The number of hydrogen-bond acceptors (Lipinski definition) is 2. The molecule has 1 aliphatic rings. The lowest BCUT2D eigenvalue weighted by atomic mass is 10.0. The van der Waals surface area contributed by atoms with Crippen LogP contribution in [0.1, 0.15) is 32.3 Å². The molecule has 2 unspecified atom stereocenters. The van der Waals surface area contributed by atoms with Gasteiger partial charge in [-0.25, -0.2) is 4.39 Å². The molecule has 2 atom stereocenters. The highest BCUT2D eigenvalue weighted by Gasteiger charge is 2.24. The Bertz CT molecular complexity index is 390. The quantitative estimate of drug-likeness (QED) is 0.874. The first kappa shape index (κ1) is 12.4. The number of benzene rings is 1. The van der Waals surface area contributed by atoms with Crippen molar-refractivity contribution in [1.29, 1.82) is 0 Å². The van der Waals surface area contributed by atoms with Crippen molar-refractivity contribution in [3.05, 3.63) is 29.6 Å². The lowest BCUT2D eigenvalue weighted by molar-refractivity contribution is 0.593. The van der Waals surface area contributed by atoms with Gasteiger partial charge in [0.15, 0.2) is 0 Å². The van der Waals surface area contributed by atoms with E-state index < -0.39 is 0 Å². The van der Waals surface area contributed by atoms with Crippen molar-refractivity contribution in [2.75, 3.05) is 11.4 Å². The summed E-state index contributed by atoms with van der Waals surface area (Å²) in [6.07, 6.45) is 2.98. The standard InChI is InChI=1S/C14H21FN2/c1-10(16)9-12-13(15)6-3-7-14(12)17-8-4-5-11(17)2/h3,6-7,10-11H,4-5,8-9,16H2,1-2H3. The fraction of sp³-hybridized carbons (Fsp3) is 0.571. The predicted octanol–water partition coefficient (Wildman–Crippen LogP) is 2.70. The van der Waals surface area contributed by atoms with Crippen molar-refractivity contribution in [3.63, 3.8) is 0 Å². The van der Waals surface area contributed by atoms with Crippen molar-refractivity contribution in [1.82, 2.24) is 0 Å². The summed E-state index contributed by atoms with van der Waals surface area (Å²) in [7, 11) is 0. The lowest BCUT2D eigenvalue weighted by Gasteiger charge is -2.27. The molecule has 1 aromatic carbocycles. The third kappa shape index (κ3) is 2.60. The van der Waals surface area contributed by atoms with Crippen molar-refractivity contribution >= 4 is 5.69 Å². The smallest absolute Gasteiger partial charge is 0.128 e. The van der Waals surface area contributed by atoms with Gasteiger partial charge in [-0.15, -0.1) is 0 Å². The first-order valence-electron chi connectivity index (χ1n) is 6.39. The SMILES string of the molecule is CC(N)Cc1c(F)cccc1N1CCCC1C. The van der Waals surface area contributed by atoms with E-state index in [1.807, 2.05) is 13.0 Å². The second kappa shape index (κ2) is 5.05. The van der Waals surface area contributed by atoms with Gasteiger partial charge < -0.3 is 10.6 Å². The summed E-state index contributed by atoms with van der Waals surface area (Å²) < 4.78 is 13.9. The van der Waals surface area contributed by atoms with Gasteiger partial charge in [-0.1, -0.05) is 6.07 Å². The Morgan fingerprint density at radius 2 is 2.29 bits per heavy atom. The number of hydrogen-bond donors (Lipinski definition) is 1. The number of nitrogens with two attached hydrogens (primary N) is 1. The summed E-state index contributed by atoms with van der Waals surface area (Å²) >= 11 is 0. The van der Waals surface area contributed by atoms with Crippen LogP contribution in [0.4, 0.5) is 10.1 Å². The topological polar surface area (TPSA) is 29.3 Å². The molecule has 2 nitrogen and oxygen atoms in total. The Kier molecular flexibility index (Phi) is 3.67. The molecule has 0 aliphatic carbocycles. The van der Waals surface area contributed by atoms with E-state index in [1.54, 1.807) is 6.07 Å². The zero-order valence-electron chi connectivity index (χ0n) is 10.6. The van der Waals surface area contributed by atoms with Crippen LogP contribution in [0, 0.1) is 5.82 Å². The molecule has 0 amide bonds. The molecular weight excluding hydrogens is 215 g/mol. The Morgan fingerprint density at radius 3 is 2.88 bits per heavy atom. The molecule has 0 saturated carbocycles. The molecule has 1 heterocycles. The van der Waals surface area contributed by atoms with Crippen molar-refractivity contribution in [3.8, 4) is 0 Å². The van der Waals surface area contributed by atoms with Gasteiger partial charge in [0.1, 0.15) is 5.82 Å². The van der Waals surface area contributed by atoms with Crippen molar-refractivity contribution in [2.24, 2.45) is 5.73 Å². The Labute approximate surface area is 103 Å². The van der Waals surface area contributed by atoms with Gasteiger partial charge in [0.2, 0.25) is 0 Å². The zero-order valence-corrected chi connectivity index (χ0v) is 10.6. The van der Waals surface area contributed by atoms with Crippen LogP contribution < -0.4 is 10.6 Å². The van der Waals surface area contributed by atoms with Crippen molar-refractivity contribution in [2.45, 2.75) is 45.2 Å². The molecule has 1 aliphatic heterocycles. The van der Waals surface area contributed by atoms with Crippen LogP contribution in [0.25, 0.3) is 0 Å². The second-order valence-corrected chi connectivity index (χ2v) is 5.10. The van der Waals surface area contributed by atoms with Gasteiger partial charge in [0, 0.05) is 29.9 Å². The molecule has 1 fully saturated rings. The van der Waals surface area contributed by atoms with E-state index in [0.717, 1.165) is 17.8 Å². The number of halogens is 1. The van der Waals surface area contributed by atoms with Crippen LogP contribution in [-0.2, 0) is 6.42 Å². The van der Waals surface area contributed by atoms with E-state index >= 15 is 0 Å². The van der Waals surface area contributed by atoms with E-state index in [-0.39, 0.29) is 11.9 Å². The Hall–Kier alpha value is -1.09. The molecule has 0 bridgehead atoms. The normalized spacial score (nSPS) is 21.9. The van der Waals surface area contributed by atoms with Crippen LogP contribution >= 0.6 is 0 Å². The van der Waals surface area contributed by atoms with E-state index in [4.69, 9.17) is 5.73 Å². The summed E-state index contributed by atoms with van der Waals surface area (Å²) in [6, 6.07) is 5.83. The third-order valence-corrected chi connectivity index (χ3v) is 3.48. The average molecular weight is 236 g/mol. The second-order valence-electron chi connectivity index (χ2n) is 5.10. The highest BCUT2D eigenvalue weighted by atomic mass is 19.1. The van der Waals surface area contributed by atoms with Crippen LogP contribution in [-0.4, -0.2) is 18.6 Å². The molecule has 2 rings (SSSR count). The fourth-order valence-electron chi connectivity index (χ4n) is 2.63. The van der Waals surface area contributed by atoms with Gasteiger partial charge >= 0.3 is 0 Å². The van der Waals surface area contributed by atoms with Gasteiger partial charge in [-0.3, -0.25) is 0 Å². The molecule has 3 heteroatoms. The van der Waals surface area contributed by atoms with Gasteiger partial charge in [-0.2, -0.15) is 0 Å². The molecular formula is C14H21FN2. The van der Waals surface area contributed by atoms with Crippen LogP contribution in [0.2, 0.25) is 0 Å². The minimum Gasteiger partial charge on any atom is -0.369 e. The van der Waals surface area contributed by atoms with Gasteiger partial charge in [0.05, 0.1) is 0 Å². The maximum Gasteiger partial charge on any atom is 0.128 e.